The molecule has 0 amide bonds. The van der Waals surface area contributed by atoms with Crippen LogP contribution in [-0.4, -0.2) is 23.8 Å². The zero-order valence-electron chi connectivity index (χ0n) is 13.4. The number of hydrogen-bond acceptors (Lipinski definition) is 4. The molecule has 0 bridgehead atoms. The highest BCUT2D eigenvalue weighted by Crippen LogP contribution is 2.33. The zero-order valence-corrected chi connectivity index (χ0v) is 13.4. The number of ether oxygens (including phenoxy) is 2. The molecular weight excluding hydrogens is 275 g/mol. The molecule has 1 aromatic carbocycles. The third kappa shape index (κ3) is 4.17. The van der Waals surface area contributed by atoms with Gasteiger partial charge in [0.25, 0.3) is 0 Å². The fourth-order valence-electron chi connectivity index (χ4n) is 1.85. The molecule has 1 rings (SSSR count). The fraction of sp³-hybridized carbons (Fsp3) is 0.562. The minimum absolute atomic E-state index is 0.0828. The predicted octanol–water partition coefficient (Wildman–Crippen LogP) is 3.02. The van der Waals surface area contributed by atoms with Gasteiger partial charge in [0.2, 0.25) is 0 Å². The molecule has 0 fully saturated rings. The molecule has 0 saturated heterocycles. The SMILES string of the molecule is COc1ccc(C(C)(O)C(C)C(=O)OC(C)(C)C)cc1F. The summed E-state index contributed by atoms with van der Waals surface area (Å²) < 4.78 is 23.9. The van der Waals surface area contributed by atoms with Crippen molar-refractivity contribution in [3.63, 3.8) is 0 Å². The van der Waals surface area contributed by atoms with Gasteiger partial charge < -0.3 is 14.6 Å². The Balaban J connectivity index is 3.04. The normalized spacial score (nSPS) is 16.0. The maximum atomic E-state index is 13.8. The summed E-state index contributed by atoms with van der Waals surface area (Å²) in [6, 6.07) is 4.11. The molecule has 1 N–H and O–H groups in total. The smallest absolute Gasteiger partial charge is 0.312 e. The maximum absolute atomic E-state index is 13.8. The molecule has 5 heteroatoms. The second-order valence-electron chi connectivity index (χ2n) is 6.25. The topological polar surface area (TPSA) is 55.8 Å². The van der Waals surface area contributed by atoms with Gasteiger partial charge >= 0.3 is 5.97 Å². The molecule has 0 aliphatic carbocycles. The second kappa shape index (κ2) is 6.02. The lowest BCUT2D eigenvalue weighted by atomic mass is 9.84. The van der Waals surface area contributed by atoms with Crippen molar-refractivity contribution in [2.45, 2.75) is 45.8 Å². The van der Waals surface area contributed by atoms with Crippen molar-refractivity contribution < 1.29 is 23.8 Å². The second-order valence-corrected chi connectivity index (χ2v) is 6.25. The minimum Gasteiger partial charge on any atom is -0.494 e. The van der Waals surface area contributed by atoms with E-state index in [1.165, 1.54) is 32.2 Å². The highest BCUT2D eigenvalue weighted by Gasteiger charge is 2.38. The first kappa shape index (κ1) is 17.4. The van der Waals surface area contributed by atoms with Crippen LogP contribution in [0, 0.1) is 11.7 Å². The fourth-order valence-corrected chi connectivity index (χ4v) is 1.85. The van der Waals surface area contributed by atoms with Gasteiger partial charge in [-0.25, -0.2) is 4.39 Å². The van der Waals surface area contributed by atoms with Gasteiger partial charge in [0.15, 0.2) is 11.6 Å². The number of rotatable bonds is 4. The molecule has 118 valence electrons. The molecule has 0 radical (unpaired) electrons. The number of carbonyl (C=O) groups excluding carboxylic acids is 1. The van der Waals surface area contributed by atoms with Crippen LogP contribution < -0.4 is 4.74 Å². The summed E-state index contributed by atoms with van der Waals surface area (Å²) in [5, 5.41) is 10.6. The summed E-state index contributed by atoms with van der Waals surface area (Å²) in [5.41, 5.74) is -1.90. The van der Waals surface area contributed by atoms with E-state index in [2.05, 4.69) is 0 Å². The van der Waals surface area contributed by atoms with Crippen LogP contribution in [0.2, 0.25) is 0 Å². The number of halogens is 1. The average molecular weight is 298 g/mol. The van der Waals surface area contributed by atoms with Crippen molar-refractivity contribution in [1.82, 2.24) is 0 Å². The minimum atomic E-state index is -1.55. The number of hydrogen-bond donors (Lipinski definition) is 1. The molecule has 0 aliphatic rings. The molecule has 21 heavy (non-hydrogen) atoms. The van der Waals surface area contributed by atoms with E-state index in [9.17, 15) is 14.3 Å². The van der Waals surface area contributed by atoms with E-state index in [0.29, 0.717) is 5.56 Å². The molecular formula is C16H23FO4. The first-order valence-electron chi connectivity index (χ1n) is 6.78. The van der Waals surface area contributed by atoms with E-state index in [1.807, 2.05) is 0 Å². The average Bonchev–Trinajstić information content (AvgIpc) is 2.35. The largest absolute Gasteiger partial charge is 0.494 e. The molecule has 2 atom stereocenters. The van der Waals surface area contributed by atoms with Gasteiger partial charge in [-0.15, -0.1) is 0 Å². The van der Waals surface area contributed by atoms with Crippen LogP contribution in [0.5, 0.6) is 5.75 Å². The third-order valence-corrected chi connectivity index (χ3v) is 3.34. The van der Waals surface area contributed by atoms with Crippen molar-refractivity contribution in [3.8, 4) is 5.75 Å². The van der Waals surface area contributed by atoms with E-state index < -0.39 is 28.9 Å². The van der Waals surface area contributed by atoms with E-state index in [1.54, 1.807) is 27.7 Å². The van der Waals surface area contributed by atoms with Gasteiger partial charge in [-0.1, -0.05) is 6.07 Å². The summed E-state index contributed by atoms with van der Waals surface area (Å²) >= 11 is 0. The highest BCUT2D eigenvalue weighted by molar-refractivity contribution is 5.74. The van der Waals surface area contributed by atoms with Gasteiger partial charge in [-0.3, -0.25) is 4.79 Å². The van der Waals surface area contributed by atoms with Crippen molar-refractivity contribution >= 4 is 5.97 Å². The molecule has 2 unspecified atom stereocenters. The Bertz CT molecular complexity index is 517. The van der Waals surface area contributed by atoms with Gasteiger partial charge in [0.05, 0.1) is 18.6 Å². The standard InChI is InChI=1S/C16H23FO4/c1-10(14(18)21-15(2,3)4)16(5,19)11-7-8-13(20-6)12(17)9-11/h7-10,19H,1-6H3. The summed E-state index contributed by atoms with van der Waals surface area (Å²) in [5.74, 6) is -1.89. The van der Waals surface area contributed by atoms with Crippen LogP contribution in [-0.2, 0) is 15.1 Å². The lowest BCUT2D eigenvalue weighted by Gasteiger charge is -2.31. The number of esters is 1. The maximum Gasteiger partial charge on any atom is 0.312 e. The zero-order chi connectivity index (χ0) is 16.4. The van der Waals surface area contributed by atoms with Crippen LogP contribution in [0.15, 0.2) is 18.2 Å². The monoisotopic (exact) mass is 298 g/mol. The van der Waals surface area contributed by atoms with Crippen LogP contribution in [0.4, 0.5) is 4.39 Å². The van der Waals surface area contributed by atoms with Crippen molar-refractivity contribution in [1.29, 1.82) is 0 Å². The number of methoxy groups -OCH3 is 1. The van der Waals surface area contributed by atoms with Crippen LogP contribution in [0.25, 0.3) is 0 Å². The number of benzene rings is 1. The molecule has 1 aromatic rings. The summed E-state index contributed by atoms with van der Waals surface area (Å²) in [6.07, 6.45) is 0. The van der Waals surface area contributed by atoms with Crippen LogP contribution >= 0.6 is 0 Å². The van der Waals surface area contributed by atoms with Crippen molar-refractivity contribution in [2.24, 2.45) is 5.92 Å². The van der Waals surface area contributed by atoms with Crippen LogP contribution in [0.3, 0.4) is 0 Å². The lowest BCUT2D eigenvalue weighted by molar-refractivity contribution is -0.168. The van der Waals surface area contributed by atoms with Crippen molar-refractivity contribution in [3.05, 3.63) is 29.6 Å². The van der Waals surface area contributed by atoms with Gasteiger partial charge in [0.1, 0.15) is 5.60 Å². The molecule has 4 nitrogen and oxygen atoms in total. The Morgan fingerprint density at radius 2 is 1.86 bits per heavy atom. The first-order chi connectivity index (χ1) is 9.49. The Morgan fingerprint density at radius 1 is 1.29 bits per heavy atom. The van der Waals surface area contributed by atoms with Gasteiger partial charge in [-0.05, 0) is 52.3 Å². The Labute approximate surface area is 124 Å². The Morgan fingerprint density at radius 3 is 2.29 bits per heavy atom. The van der Waals surface area contributed by atoms with E-state index in [0.717, 1.165) is 0 Å². The summed E-state index contributed by atoms with van der Waals surface area (Å²) in [6.45, 7) is 8.26. The van der Waals surface area contributed by atoms with Crippen LogP contribution in [0.1, 0.15) is 40.2 Å². The van der Waals surface area contributed by atoms with Crippen molar-refractivity contribution in [2.75, 3.05) is 7.11 Å². The number of carbonyl (C=O) groups is 1. The first-order valence-corrected chi connectivity index (χ1v) is 6.78. The van der Waals surface area contributed by atoms with Gasteiger partial charge in [0, 0.05) is 0 Å². The Hall–Kier alpha value is -1.62. The van der Waals surface area contributed by atoms with E-state index >= 15 is 0 Å². The third-order valence-electron chi connectivity index (χ3n) is 3.34. The molecule has 0 heterocycles. The Kier molecular flexibility index (Phi) is 4.99. The lowest BCUT2D eigenvalue weighted by Crippen LogP contribution is -2.39. The summed E-state index contributed by atoms with van der Waals surface area (Å²) in [7, 11) is 1.36. The predicted molar refractivity (Wildman–Crippen MR) is 77.5 cm³/mol. The highest BCUT2D eigenvalue weighted by atomic mass is 19.1. The van der Waals surface area contributed by atoms with E-state index in [4.69, 9.17) is 9.47 Å². The quantitative estimate of drug-likeness (QED) is 0.868. The summed E-state index contributed by atoms with van der Waals surface area (Å²) in [4.78, 5) is 12.1. The molecule has 0 aromatic heterocycles. The molecule has 0 aliphatic heterocycles. The van der Waals surface area contributed by atoms with Gasteiger partial charge in [-0.2, -0.15) is 0 Å². The van der Waals surface area contributed by atoms with E-state index in [-0.39, 0.29) is 5.75 Å². The molecule has 0 spiro atoms. The molecule has 0 saturated carbocycles. The number of aliphatic hydroxyl groups is 1.